The van der Waals surface area contributed by atoms with E-state index in [2.05, 4.69) is 25.4 Å². The van der Waals surface area contributed by atoms with E-state index in [0.717, 1.165) is 30.2 Å². The van der Waals surface area contributed by atoms with Crippen LogP contribution in [0.3, 0.4) is 0 Å². The van der Waals surface area contributed by atoms with Crippen molar-refractivity contribution in [1.29, 1.82) is 0 Å². The minimum Gasteiger partial charge on any atom is -0.367 e. The second-order valence-electron chi connectivity index (χ2n) is 5.99. The van der Waals surface area contributed by atoms with Crippen LogP contribution in [0.2, 0.25) is 0 Å². The Morgan fingerprint density at radius 1 is 1.22 bits per heavy atom. The Morgan fingerprint density at radius 3 is 2.61 bits per heavy atom. The molecule has 5 nitrogen and oxygen atoms in total. The summed E-state index contributed by atoms with van der Waals surface area (Å²) in [5.74, 6) is 1.19. The van der Waals surface area contributed by atoms with Crippen LogP contribution in [0.25, 0.3) is 0 Å². The van der Waals surface area contributed by atoms with E-state index in [9.17, 15) is 4.39 Å². The lowest BCUT2D eigenvalue weighted by atomic mass is 9.97. The summed E-state index contributed by atoms with van der Waals surface area (Å²) in [5.41, 5.74) is 1.79. The molecular weight excluding hydrogens is 293 g/mol. The number of halogens is 1. The lowest BCUT2D eigenvalue weighted by molar-refractivity contribution is 0.189. The third-order valence-corrected chi connectivity index (χ3v) is 4.27. The zero-order chi connectivity index (χ0) is 16.2. The Hall–Kier alpha value is -2.08. The van der Waals surface area contributed by atoms with Crippen molar-refractivity contribution in [3.63, 3.8) is 0 Å². The summed E-state index contributed by atoms with van der Waals surface area (Å²) >= 11 is 0. The topological polar surface area (TPSA) is 53.9 Å². The van der Waals surface area contributed by atoms with Gasteiger partial charge in [-0.3, -0.25) is 0 Å². The van der Waals surface area contributed by atoms with Gasteiger partial charge in [0, 0.05) is 19.0 Å². The molecule has 0 amide bonds. The van der Waals surface area contributed by atoms with Crippen LogP contribution in [0.4, 0.5) is 10.2 Å². The molecule has 1 atom stereocenters. The average Bonchev–Trinajstić information content (AvgIpc) is 2.50. The Morgan fingerprint density at radius 2 is 1.96 bits per heavy atom. The molecule has 1 aliphatic heterocycles. The zero-order valence-electron chi connectivity index (χ0n) is 13.6. The molecule has 0 aliphatic carbocycles. The molecule has 0 radical (unpaired) electrons. The predicted molar refractivity (Wildman–Crippen MR) is 88.0 cm³/mol. The van der Waals surface area contributed by atoms with Crippen molar-refractivity contribution in [2.75, 3.05) is 31.5 Å². The fraction of sp³-hybridized carbons (Fsp3) is 0.471. The molecule has 3 rings (SSSR count). The van der Waals surface area contributed by atoms with Crippen LogP contribution in [-0.4, -0.2) is 46.3 Å². The van der Waals surface area contributed by atoms with Crippen LogP contribution >= 0.6 is 0 Å². The molecule has 1 aromatic heterocycles. The summed E-state index contributed by atoms with van der Waals surface area (Å²) in [4.78, 5) is 6.90. The first-order chi connectivity index (χ1) is 11.1. The van der Waals surface area contributed by atoms with Crippen LogP contribution in [0.1, 0.15) is 36.3 Å². The maximum Gasteiger partial charge on any atom is 0.152 e. The van der Waals surface area contributed by atoms with E-state index >= 15 is 0 Å². The van der Waals surface area contributed by atoms with E-state index in [0.29, 0.717) is 5.82 Å². The molecule has 1 aromatic carbocycles. The van der Waals surface area contributed by atoms with E-state index in [4.69, 9.17) is 0 Å². The molecule has 0 spiro atoms. The Kier molecular flexibility index (Phi) is 4.81. The van der Waals surface area contributed by atoms with Gasteiger partial charge in [0.2, 0.25) is 0 Å². The normalized spacial score (nSPS) is 16.0. The first-order valence-corrected chi connectivity index (χ1v) is 8.06. The van der Waals surface area contributed by atoms with Crippen molar-refractivity contribution in [2.24, 2.45) is 0 Å². The molecule has 1 fully saturated rings. The third-order valence-electron chi connectivity index (χ3n) is 4.27. The molecule has 0 saturated carbocycles. The van der Waals surface area contributed by atoms with Gasteiger partial charge in [-0.1, -0.05) is 19.1 Å². The standard InChI is InChI=1S/C17H22FN5/c1-12(14-4-6-15(18)7-5-14)16-17(20-13(2)21-22-16)19-8-11-23-9-3-10-23/h4-7,12H,3,8-11H2,1-2H3,(H,19,20,21)/t12-/m1/s1. The summed E-state index contributed by atoms with van der Waals surface area (Å²) < 4.78 is 13.1. The smallest absolute Gasteiger partial charge is 0.152 e. The Balaban J connectivity index is 1.75. The van der Waals surface area contributed by atoms with Crippen molar-refractivity contribution in [3.05, 3.63) is 47.2 Å². The number of likely N-dealkylation sites (tertiary alicyclic amines) is 1. The highest BCUT2D eigenvalue weighted by Gasteiger charge is 2.18. The van der Waals surface area contributed by atoms with Crippen LogP contribution in [-0.2, 0) is 0 Å². The van der Waals surface area contributed by atoms with Crippen molar-refractivity contribution in [1.82, 2.24) is 20.1 Å². The highest BCUT2D eigenvalue weighted by atomic mass is 19.1. The molecule has 1 saturated heterocycles. The minimum absolute atomic E-state index is 0.00251. The summed E-state index contributed by atoms with van der Waals surface area (Å²) in [6, 6.07) is 6.51. The molecule has 0 unspecified atom stereocenters. The largest absolute Gasteiger partial charge is 0.367 e. The summed E-state index contributed by atoms with van der Waals surface area (Å²) in [5, 5.41) is 11.8. The number of aromatic nitrogens is 3. The summed E-state index contributed by atoms with van der Waals surface area (Å²) in [6.45, 7) is 8.08. The predicted octanol–water partition coefficient (Wildman–Crippen LogP) is 2.59. The number of anilines is 1. The van der Waals surface area contributed by atoms with E-state index in [1.807, 2.05) is 13.8 Å². The number of rotatable bonds is 6. The van der Waals surface area contributed by atoms with Crippen molar-refractivity contribution in [3.8, 4) is 0 Å². The van der Waals surface area contributed by atoms with Gasteiger partial charge in [0.15, 0.2) is 5.82 Å². The average molecular weight is 315 g/mol. The molecule has 1 aliphatic rings. The zero-order valence-corrected chi connectivity index (χ0v) is 13.6. The van der Waals surface area contributed by atoms with Crippen LogP contribution in [0.15, 0.2) is 24.3 Å². The SMILES string of the molecule is Cc1nnc([C@H](C)c2ccc(F)cc2)c(NCCN2CCC2)n1. The van der Waals surface area contributed by atoms with Gasteiger partial charge in [0.25, 0.3) is 0 Å². The molecule has 6 heteroatoms. The molecule has 0 bridgehead atoms. The van der Waals surface area contributed by atoms with E-state index < -0.39 is 0 Å². The summed E-state index contributed by atoms with van der Waals surface area (Å²) in [7, 11) is 0. The van der Waals surface area contributed by atoms with E-state index in [-0.39, 0.29) is 11.7 Å². The monoisotopic (exact) mass is 315 g/mol. The summed E-state index contributed by atoms with van der Waals surface area (Å²) in [6.07, 6.45) is 1.29. The Bertz CT molecular complexity index is 655. The van der Waals surface area contributed by atoms with Gasteiger partial charge in [0.05, 0.1) is 0 Å². The van der Waals surface area contributed by atoms with Crippen LogP contribution < -0.4 is 5.32 Å². The quantitative estimate of drug-likeness (QED) is 0.888. The third kappa shape index (κ3) is 3.82. The number of benzene rings is 1. The van der Waals surface area contributed by atoms with Gasteiger partial charge < -0.3 is 10.2 Å². The van der Waals surface area contributed by atoms with Crippen molar-refractivity contribution in [2.45, 2.75) is 26.2 Å². The number of aryl methyl sites for hydroxylation is 1. The first kappa shape index (κ1) is 15.8. The number of hydrogen-bond donors (Lipinski definition) is 1. The molecule has 2 heterocycles. The van der Waals surface area contributed by atoms with Crippen molar-refractivity contribution >= 4 is 5.82 Å². The second kappa shape index (κ2) is 7.00. The Labute approximate surface area is 136 Å². The van der Waals surface area contributed by atoms with Crippen LogP contribution in [0, 0.1) is 12.7 Å². The first-order valence-electron chi connectivity index (χ1n) is 8.06. The van der Waals surface area contributed by atoms with Crippen molar-refractivity contribution < 1.29 is 4.39 Å². The van der Waals surface area contributed by atoms with Gasteiger partial charge in [0.1, 0.15) is 17.3 Å². The second-order valence-corrected chi connectivity index (χ2v) is 5.99. The highest BCUT2D eigenvalue weighted by molar-refractivity contribution is 5.45. The van der Waals surface area contributed by atoms with Gasteiger partial charge in [-0.25, -0.2) is 9.37 Å². The fourth-order valence-corrected chi connectivity index (χ4v) is 2.68. The molecule has 122 valence electrons. The fourth-order valence-electron chi connectivity index (χ4n) is 2.68. The molecule has 2 aromatic rings. The molecular formula is C17H22FN5. The molecule has 23 heavy (non-hydrogen) atoms. The highest BCUT2D eigenvalue weighted by Crippen LogP contribution is 2.26. The van der Waals surface area contributed by atoms with Gasteiger partial charge in [-0.2, -0.15) is 0 Å². The van der Waals surface area contributed by atoms with Gasteiger partial charge in [-0.05, 0) is 44.1 Å². The van der Waals surface area contributed by atoms with Crippen LogP contribution in [0.5, 0.6) is 0 Å². The number of nitrogens with one attached hydrogen (secondary N) is 1. The maximum atomic E-state index is 13.1. The van der Waals surface area contributed by atoms with E-state index in [1.165, 1.54) is 31.6 Å². The van der Waals surface area contributed by atoms with Gasteiger partial charge >= 0.3 is 0 Å². The number of nitrogens with zero attached hydrogens (tertiary/aromatic N) is 4. The number of hydrogen-bond acceptors (Lipinski definition) is 5. The lowest BCUT2D eigenvalue weighted by Gasteiger charge is -2.30. The minimum atomic E-state index is -0.234. The van der Waals surface area contributed by atoms with Gasteiger partial charge in [-0.15, -0.1) is 10.2 Å². The lowest BCUT2D eigenvalue weighted by Crippen LogP contribution is -2.40. The van der Waals surface area contributed by atoms with E-state index in [1.54, 1.807) is 12.1 Å². The molecule has 1 N–H and O–H groups in total. The maximum absolute atomic E-state index is 13.1.